The Morgan fingerprint density at radius 1 is 1.42 bits per heavy atom. The maximum atomic E-state index is 12.7. The molecule has 4 nitrogen and oxygen atoms in total. The number of hydrogen-bond donors (Lipinski definition) is 1. The normalized spacial score (nSPS) is 16.2. The molecule has 1 aliphatic rings. The third-order valence-corrected chi connectivity index (χ3v) is 5.70. The molecule has 0 radical (unpaired) electrons. The van der Waals surface area contributed by atoms with Crippen LogP contribution >= 0.6 is 11.3 Å². The average molecular weight is 371 g/mol. The number of fused-ring (bicyclic) bond motifs is 1. The van der Waals surface area contributed by atoms with Crippen molar-refractivity contribution >= 4 is 17.2 Å². The Bertz CT molecular complexity index is 784. The van der Waals surface area contributed by atoms with Crippen molar-refractivity contribution in [2.75, 3.05) is 26.2 Å². The van der Waals surface area contributed by atoms with Crippen LogP contribution in [0.3, 0.4) is 0 Å². The van der Waals surface area contributed by atoms with Gasteiger partial charge in [-0.2, -0.15) is 0 Å². The van der Waals surface area contributed by atoms with E-state index in [4.69, 9.17) is 4.74 Å². The second-order valence-electron chi connectivity index (χ2n) is 6.65. The molecule has 0 saturated heterocycles. The fourth-order valence-corrected chi connectivity index (χ4v) is 4.32. The molecular formula is C21H26N2O2S. The summed E-state index contributed by atoms with van der Waals surface area (Å²) in [4.78, 5) is 16.0. The van der Waals surface area contributed by atoms with Gasteiger partial charge in [-0.3, -0.25) is 4.79 Å². The van der Waals surface area contributed by atoms with Crippen LogP contribution < -0.4 is 10.1 Å². The second kappa shape index (κ2) is 8.52. The molecule has 0 bridgehead atoms. The summed E-state index contributed by atoms with van der Waals surface area (Å²) in [5, 5.41) is 5.22. The number of hydrogen-bond acceptors (Lipinski definition) is 4. The maximum Gasteiger partial charge on any atom is 0.237 e. The molecule has 1 amide bonds. The first-order valence-corrected chi connectivity index (χ1v) is 9.85. The lowest BCUT2D eigenvalue weighted by Crippen LogP contribution is -2.45. The van der Waals surface area contributed by atoms with Crippen molar-refractivity contribution in [2.24, 2.45) is 0 Å². The van der Waals surface area contributed by atoms with Crippen LogP contribution in [0.15, 0.2) is 42.3 Å². The maximum absolute atomic E-state index is 12.7. The van der Waals surface area contributed by atoms with Crippen molar-refractivity contribution in [3.63, 3.8) is 0 Å². The third kappa shape index (κ3) is 4.17. The summed E-state index contributed by atoms with van der Waals surface area (Å²) in [5.74, 6) is 0.994. The van der Waals surface area contributed by atoms with E-state index < -0.39 is 0 Å². The van der Waals surface area contributed by atoms with E-state index in [9.17, 15) is 4.79 Å². The van der Waals surface area contributed by atoms with Gasteiger partial charge in [-0.05, 0) is 48.9 Å². The Labute approximate surface area is 159 Å². The molecule has 1 atom stereocenters. The smallest absolute Gasteiger partial charge is 0.237 e. The van der Waals surface area contributed by atoms with Gasteiger partial charge in [0.25, 0.3) is 0 Å². The minimum atomic E-state index is -0.0382. The van der Waals surface area contributed by atoms with Gasteiger partial charge in [0, 0.05) is 18.0 Å². The van der Waals surface area contributed by atoms with E-state index in [0.717, 1.165) is 24.3 Å². The van der Waals surface area contributed by atoms with Crippen LogP contribution in [0.5, 0.6) is 5.75 Å². The zero-order chi connectivity index (χ0) is 18.5. The van der Waals surface area contributed by atoms with Gasteiger partial charge < -0.3 is 15.0 Å². The summed E-state index contributed by atoms with van der Waals surface area (Å²) >= 11 is 1.77. The van der Waals surface area contributed by atoms with Crippen molar-refractivity contribution in [3.05, 3.63) is 63.9 Å². The fourth-order valence-electron chi connectivity index (χ4n) is 3.39. The molecule has 1 unspecified atom stereocenters. The largest absolute Gasteiger partial charge is 0.491 e. The Kier molecular flexibility index (Phi) is 6.12. The summed E-state index contributed by atoms with van der Waals surface area (Å²) in [5.41, 5.74) is 3.57. The van der Waals surface area contributed by atoms with Crippen molar-refractivity contribution in [2.45, 2.75) is 26.3 Å². The molecule has 3 rings (SSSR count). The van der Waals surface area contributed by atoms with Crippen LogP contribution in [0, 0.1) is 13.8 Å². The molecule has 0 aliphatic carbocycles. The van der Waals surface area contributed by atoms with E-state index in [-0.39, 0.29) is 11.9 Å². The van der Waals surface area contributed by atoms with Gasteiger partial charge in [0.05, 0.1) is 12.6 Å². The first-order chi connectivity index (χ1) is 12.6. The van der Waals surface area contributed by atoms with Gasteiger partial charge in [-0.1, -0.05) is 23.8 Å². The lowest BCUT2D eigenvalue weighted by atomic mass is 10.0. The van der Waals surface area contributed by atoms with Gasteiger partial charge in [0.15, 0.2) is 0 Å². The number of amides is 1. The van der Waals surface area contributed by atoms with Crippen molar-refractivity contribution in [3.8, 4) is 5.75 Å². The highest BCUT2D eigenvalue weighted by atomic mass is 32.1. The summed E-state index contributed by atoms with van der Waals surface area (Å²) in [6, 6.07) is 8.28. The van der Waals surface area contributed by atoms with Crippen LogP contribution in [0.4, 0.5) is 0 Å². The van der Waals surface area contributed by atoms with E-state index in [2.05, 4.69) is 49.3 Å². The van der Waals surface area contributed by atoms with Crippen LogP contribution in [0.1, 0.15) is 27.6 Å². The SMILES string of the molecule is C=CCNCC(=O)N1CCc2sccc2C1COc1ccc(C)cc1C. The Hall–Kier alpha value is -2.11. The number of carbonyl (C=O) groups excluding carboxylic acids is 1. The first kappa shape index (κ1) is 18.7. The number of nitrogens with zero attached hydrogens (tertiary/aromatic N) is 1. The quantitative estimate of drug-likeness (QED) is 0.598. The predicted molar refractivity (Wildman–Crippen MR) is 107 cm³/mol. The minimum Gasteiger partial charge on any atom is -0.491 e. The van der Waals surface area contributed by atoms with E-state index >= 15 is 0 Å². The number of aryl methyl sites for hydroxylation is 2. The molecular weight excluding hydrogens is 344 g/mol. The van der Waals surface area contributed by atoms with Gasteiger partial charge in [0.1, 0.15) is 12.4 Å². The average Bonchev–Trinajstić information content (AvgIpc) is 3.10. The number of benzene rings is 1. The molecule has 1 aliphatic heterocycles. The second-order valence-corrected chi connectivity index (χ2v) is 7.65. The molecule has 0 spiro atoms. The van der Waals surface area contributed by atoms with Crippen LogP contribution in [0.25, 0.3) is 0 Å². The molecule has 138 valence electrons. The number of rotatable bonds is 7. The zero-order valence-electron chi connectivity index (χ0n) is 15.5. The Morgan fingerprint density at radius 2 is 2.27 bits per heavy atom. The highest BCUT2D eigenvalue weighted by Gasteiger charge is 2.31. The van der Waals surface area contributed by atoms with Crippen molar-refractivity contribution < 1.29 is 9.53 Å². The van der Waals surface area contributed by atoms with Crippen molar-refractivity contribution in [1.29, 1.82) is 0 Å². The number of ether oxygens (including phenoxy) is 1. The minimum absolute atomic E-state index is 0.0382. The van der Waals surface area contributed by atoms with Crippen molar-refractivity contribution in [1.82, 2.24) is 10.2 Å². The molecule has 2 heterocycles. The first-order valence-electron chi connectivity index (χ1n) is 8.97. The molecule has 0 fully saturated rings. The fraction of sp³-hybridized carbons (Fsp3) is 0.381. The number of nitrogens with one attached hydrogen (secondary N) is 1. The molecule has 26 heavy (non-hydrogen) atoms. The van der Waals surface area contributed by atoms with Gasteiger partial charge in [0.2, 0.25) is 5.91 Å². The van der Waals surface area contributed by atoms with E-state index in [1.807, 2.05) is 11.0 Å². The summed E-state index contributed by atoms with van der Waals surface area (Å²) < 4.78 is 6.14. The molecule has 0 saturated carbocycles. The summed E-state index contributed by atoms with van der Waals surface area (Å²) in [6.07, 6.45) is 2.68. The Balaban J connectivity index is 1.75. The standard InChI is InChI=1S/C21H26N2O2S/c1-4-9-22-13-21(24)23-10-7-20-17(8-11-26-20)18(23)14-25-19-6-5-15(2)12-16(19)3/h4-6,8,11-12,18,22H,1,7,9-10,13-14H2,2-3H3. The third-order valence-electron chi connectivity index (χ3n) is 4.71. The highest BCUT2D eigenvalue weighted by molar-refractivity contribution is 7.10. The predicted octanol–water partition coefficient (Wildman–Crippen LogP) is 3.65. The van der Waals surface area contributed by atoms with E-state index in [1.54, 1.807) is 17.4 Å². The molecule has 1 aromatic carbocycles. The summed E-state index contributed by atoms with van der Waals surface area (Å²) in [6.45, 7) is 9.98. The zero-order valence-corrected chi connectivity index (χ0v) is 16.3. The lowest BCUT2D eigenvalue weighted by Gasteiger charge is -2.36. The van der Waals surface area contributed by atoms with Crippen LogP contribution in [-0.4, -0.2) is 37.0 Å². The van der Waals surface area contributed by atoms with Gasteiger partial charge in [-0.25, -0.2) is 0 Å². The van der Waals surface area contributed by atoms with E-state index in [1.165, 1.54) is 16.0 Å². The molecule has 5 heteroatoms. The van der Waals surface area contributed by atoms with Gasteiger partial charge >= 0.3 is 0 Å². The van der Waals surface area contributed by atoms with Crippen LogP contribution in [0.2, 0.25) is 0 Å². The Morgan fingerprint density at radius 3 is 3.04 bits per heavy atom. The summed E-state index contributed by atoms with van der Waals surface area (Å²) in [7, 11) is 0. The number of thiophene rings is 1. The van der Waals surface area contributed by atoms with E-state index in [0.29, 0.717) is 19.7 Å². The van der Waals surface area contributed by atoms with Crippen LogP contribution in [-0.2, 0) is 11.2 Å². The topological polar surface area (TPSA) is 41.6 Å². The molecule has 1 N–H and O–H groups in total. The molecule has 1 aromatic heterocycles. The highest BCUT2D eigenvalue weighted by Crippen LogP contribution is 2.34. The number of carbonyl (C=O) groups is 1. The van der Waals surface area contributed by atoms with Gasteiger partial charge in [-0.15, -0.1) is 17.9 Å². The molecule has 2 aromatic rings. The monoisotopic (exact) mass is 370 g/mol. The lowest BCUT2D eigenvalue weighted by molar-refractivity contribution is -0.133.